The number of rotatable bonds is 8. The predicted molar refractivity (Wildman–Crippen MR) is 132 cm³/mol. The van der Waals surface area contributed by atoms with Crippen LogP contribution in [-0.4, -0.2) is 31.1 Å². The zero-order valence-electron chi connectivity index (χ0n) is 19.7. The van der Waals surface area contributed by atoms with Gasteiger partial charge in [-0.2, -0.15) is 0 Å². The second kappa shape index (κ2) is 10.7. The van der Waals surface area contributed by atoms with Gasteiger partial charge in [-0.3, -0.25) is 0 Å². The number of carbonyl (C=O) groups excluding carboxylic acids is 2. The van der Waals surface area contributed by atoms with Gasteiger partial charge in [-0.15, -0.1) is 0 Å². The summed E-state index contributed by atoms with van der Waals surface area (Å²) >= 11 is 0. The van der Waals surface area contributed by atoms with E-state index in [1.54, 1.807) is 54.6 Å². The van der Waals surface area contributed by atoms with Gasteiger partial charge in [-0.1, -0.05) is 35.9 Å². The fraction of sp³-hybridized carbons (Fsp3) is 0.179. The molecule has 0 N–H and O–H groups in total. The summed E-state index contributed by atoms with van der Waals surface area (Å²) < 4.78 is 22.2. The van der Waals surface area contributed by atoms with E-state index in [0.717, 1.165) is 5.56 Å². The van der Waals surface area contributed by atoms with Gasteiger partial charge in [0, 0.05) is 11.1 Å². The molecule has 3 aromatic carbocycles. The molecule has 1 heterocycles. The predicted octanol–water partition coefficient (Wildman–Crippen LogP) is 5.36. The molecular formula is C28H25NO6. The van der Waals surface area contributed by atoms with E-state index in [-0.39, 0.29) is 11.6 Å². The van der Waals surface area contributed by atoms with Crippen LogP contribution >= 0.6 is 0 Å². The smallest absolute Gasteiger partial charge is 0.363 e. The van der Waals surface area contributed by atoms with Crippen molar-refractivity contribution in [1.82, 2.24) is 0 Å². The molecule has 7 nitrogen and oxygen atoms in total. The summed E-state index contributed by atoms with van der Waals surface area (Å²) in [6.07, 6.45) is 1.53. The summed E-state index contributed by atoms with van der Waals surface area (Å²) in [5.74, 6) is 0.499. The van der Waals surface area contributed by atoms with Crippen molar-refractivity contribution in [2.24, 2.45) is 4.99 Å². The fourth-order valence-electron chi connectivity index (χ4n) is 3.41. The third kappa shape index (κ3) is 5.58. The van der Waals surface area contributed by atoms with Crippen LogP contribution in [0.25, 0.3) is 6.08 Å². The number of aliphatic imine (C=N–C) groups is 1. The maximum atomic E-state index is 12.6. The Labute approximate surface area is 203 Å². The zero-order chi connectivity index (χ0) is 24.8. The molecule has 0 bridgehead atoms. The number of ether oxygens (including phenoxy) is 4. The second-order valence-electron chi connectivity index (χ2n) is 7.66. The quantitative estimate of drug-likeness (QED) is 0.250. The molecule has 4 rings (SSSR count). The van der Waals surface area contributed by atoms with E-state index in [2.05, 4.69) is 4.99 Å². The number of benzene rings is 3. The number of esters is 2. The van der Waals surface area contributed by atoms with E-state index < -0.39 is 11.9 Å². The van der Waals surface area contributed by atoms with Crippen LogP contribution in [0.15, 0.2) is 77.4 Å². The van der Waals surface area contributed by atoms with Gasteiger partial charge < -0.3 is 18.9 Å². The molecule has 0 aromatic heterocycles. The van der Waals surface area contributed by atoms with Crippen LogP contribution in [0.3, 0.4) is 0 Å². The summed E-state index contributed by atoms with van der Waals surface area (Å²) in [4.78, 5) is 29.5. The topological polar surface area (TPSA) is 83.4 Å². The third-order valence-corrected chi connectivity index (χ3v) is 5.11. The van der Waals surface area contributed by atoms with E-state index in [1.165, 1.54) is 6.08 Å². The molecule has 0 saturated heterocycles. The van der Waals surface area contributed by atoms with Gasteiger partial charge in [-0.05, 0) is 63.2 Å². The van der Waals surface area contributed by atoms with E-state index in [0.29, 0.717) is 47.2 Å². The summed E-state index contributed by atoms with van der Waals surface area (Å²) in [5, 5.41) is 0. The van der Waals surface area contributed by atoms with Crippen LogP contribution in [-0.2, 0) is 9.53 Å². The highest BCUT2D eigenvalue weighted by Gasteiger charge is 2.25. The first kappa shape index (κ1) is 23.8. The maximum absolute atomic E-state index is 12.6. The number of hydrogen-bond donors (Lipinski definition) is 0. The molecule has 1 aliphatic heterocycles. The normalized spacial score (nSPS) is 13.9. The fourth-order valence-corrected chi connectivity index (χ4v) is 3.41. The summed E-state index contributed by atoms with van der Waals surface area (Å²) in [6.45, 7) is 6.66. The molecule has 7 heteroatoms. The molecule has 178 valence electrons. The zero-order valence-corrected chi connectivity index (χ0v) is 19.7. The minimum absolute atomic E-state index is 0.0886. The number of hydrogen-bond acceptors (Lipinski definition) is 7. The van der Waals surface area contributed by atoms with Crippen LogP contribution < -0.4 is 14.2 Å². The first-order valence-corrected chi connectivity index (χ1v) is 11.3. The Morgan fingerprint density at radius 3 is 2.37 bits per heavy atom. The molecule has 35 heavy (non-hydrogen) atoms. The lowest BCUT2D eigenvalue weighted by molar-refractivity contribution is -0.129. The van der Waals surface area contributed by atoms with Gasteiger partial charge >= 0.3 is 11.9 Å². The molecule has 1 aliphatic rings. The largest absolute Gasteiger partial charge is 0.490 e. The number of carbonyl (C=O) groups is 2. The highest BCUT2D eigenvalue weighted by atomic mass is 16.6. The van der Waals surface area contributed by atoms with E-state index in [1.807, 2.05) is 32.9 Å². The molecule has 0 aliphatic carbocycles. The Morgan fingerprint density at radius 1 is 0.914 bits per heavy atom. The van der Waals surface area contributed by atoms with Crippen molar-refractivity contribution in [3.05, 3.63) is 94.7 Å². The SMILES string of the molecule is CCOc1ccc(C2=N/C(=C\c3ccccc3OC(=O)c3ccc(C)cc3)C(=O)O2)cc1OCC. The van der Waals surface area contributed by atoms with Crippen LogP contribution in [0.5, 0.6) is 17.2 Å². The van der Waals surface area contributed by atoms with Crippen molar-refractivity contribution < 1.29 is 28.5 Å². The van der Waals surface area contributed by atoms with Crippen LogP contribution in [0.1, 0.15) is 40.9 Å². The summed E-state index contributed by atoms with van der Waals surface area (Å²) in [5.41, 5.74) is 2.66. The number of cyclic esters (lactones) is 1. The van der Waals surface area contributed by atoms with Crippen LogP contribution in [0, 0.1) is 6.92 Å². The molecule has 0 amide bonds. The van der Waals surface area contributed by atoms with Gasteiger partial charge in [0.1, 0.15) is 5.75 Å². The minimum Gasteiger partial charge on any atom is -0.490 e. The lowest BCUT2D eigenvalue weighted by Crippen LogP contribution is -2.09. The molecule has 0 spiro atoms. The minimum atomic E-state index is -0.605. The highest BCUT2D eigenvalue weighted by Crippen LogP contribution is 2.31. The Morgan fingerprint density at radius 2 is 1.63 bits per heavy atom. The van der Waals surface area contributed by atoms with Gasteiger partial charge in [0.25, 0.3) is 0 Å². The summed E-state index contributed by atoms with van der Waals surface area (Å²) in [6, 6.07) is 19.2. The van der Waals surface area contributed by atoms with Crippen molar-refractivity contribution in [3.8, 4) is 17.2 Å². The Bertz CT molecular complexity index is 1310. The number of para-hydroxylation sites is 1. The second-order valence-corrected chi connectivity index (χ2v) is 7.66. The average molecular weight is 472 g/mol. The van der Waals surface area contributed by atoms with E-state index in [4.69, 9.17) is 18.9 Å². The molecule has 0 saturated carbocycles. The van der Waals surface area contributed by atoms with Crippen LogP contribution in [0.2, 0.25) is 0 Å². The monoisotopic (exact) mass is 471 g/mol. The van der Waals surface area contributed by atoms with Gasteiger partial charge in [-0.25, -0.2) is 14.6 Å². The Kier molecular flexibility index (Phi) is 7.26. The molecule has 0 fully saturated rings. The Balaban J connectivity index is 1.60. The lowest BCUT2D eigenvalue weighted by Gasteiger charge is -2.11. The third-order valence-electron chi connectivity index (χ3n) is 5.11. The molecule has 0 unspecified atom stereocenters. The molecular weight excluding hydrogens is 446 g/mol. The number of nitrogens with zero attached hydrogens (tertiary/aromatic N) is 1. The molecule has 0 radical (unpaired) electrons. The van der Waals surface area contributed by atoms with Gasteiger partial charge in [0.15, 0.2) is 17.2 Å². The van der Waals surface area contributed by atoms with Crippen molar-refractivity contribution in [2.45, 2.75) is 20.8 Å². The standard InChI is InChI=1S/C28H25NO6/c1-4-32-24-15-14-21(17-25(24)33-5-2)26-29-22(28(31)35-26)16-20-8-6-7-9-23(20)34-27(30)19-12-10-18(3)11-13-19/h6-17H,4-5H2,1-3H3/b22-16-. The first-order chi connectivity index (χ1) is 17.0. The van der Waals surface area contributed by atoms with Gasteiger partial charge in [0.05, 0.1) is 18.8 Å². The molecule has 0 atom stereocenters. The van der Waals surface area contributed by atoms with Crippen molar-refractivity contribution in [2.75, 3.05) is 13.2 Å². The average Bonchev–Trinajstić information content (AvgIpc) is 3.22. The van der Waals surface area contributed by atoms with E-state index >= 15 is 0 Å². The first-order valence-electron chi connectivity index (χ1n) is 11.3. The Hall–Kier alpha value is -4.39. The maximum Gasteiger partial charge on any atom is 0.363 e. The lowest BCUT2D eigenvalue weighted by atomic mass is 10.1. The van der Waals surface area contributed by atoms with Crippen molar-refractivity contribution in [1.29, 1.82) is 0 Å². The molecule has 3 aromatic rings. The van der Waals surface area contributed by atoms with Gasteiger partial charge in [0.2, 0.25) is 5.90 Å². The van der Waals surface area contributed by atoms with Crippen molar-refractivity contribution in [3.63, 3.8) is 0 Å². The van der Waals surface area contributed by atoms with Crippen LogP contribution in [0.4, 0.5) is 0 Å². The highest BCUT2D eigenvalue weighted by molar-refractivity contribution is 6.13. The summed E-state index contributed by atoms with van der Waals surface area (Å²) in [7, 11) is 0. The number of aryl methyl sites for hydroxylation is 1. The van der Waals surface area contributed by atoms with Crippen molar-refractivity contribution >= 4 is 23.9 Å². The van der Waals surface area contributed by atoms with E-state index in [9.17, 15) is 9.59 Å².